The molecule has 1 atom stereocenters. The molecule has 2 rings (SSSR count). The van der Waals surface area contributed by atoms with Crippen molar-refractivity contribution in [2.45, 2.75) is 39.0 Å². The fourth-order valence-electron chi connectivity index (χ4n) is 3.25. The summed E-state index contributed by atoms with van der Waals surface area (Å²) in [6.07, 6.45) is 5.05. The van der Waals surface area contributed by atoms with Crippen LogP contribution in [-0.2, 0) is 14.4 Å². The molecule has 0 aromatic rings. The number of hydrogen-bond donors (Lipinski definition) is 1. The van der Waals surface area contributed by atoms with E-state index in [9.17, 15) is 9.90 Å². The van der Waals surface area contributed by atoms with Crippen molar-refractivity contribution in [3.05, 3.63) is 22.9 Å². The first-order valence-corrected chi connectivity index (χ1v) is 8.58. The molecule has 6 heteroatoms. The van der Waals surface area contributed by atoms with Crippen molar-refractivity contribution in [2.24, 2.45) is 17.0 Å². The van der Waals surface area contributed by atoms with E-state index in [1.54, 1.807) is 6.08 Å². The Morgan fingerprint density at radius 3 is 2.74 bits per heavy atom. The van der Waals surface area contributed by atoms with Gasteiger partial charge in [-0.25, -0.2) is 0 Å². The summed E-state index contributed by atoms with van der Waals surface area (Å²) in [6, 6.07) is 0. The van der Waals surface area contributed by atoms with E-state index >= 15 is 0 Å². The molecule has 0 saturated carbocycles. The summed E-state index contributed by atoms with van der Waals surface area (Å²) in [7, 11) is 0. The fourth-order valence-corrected chi connectivity index (χ4v) is 3.33. The van der Waals surface area contributed by atoms with E-state index in [2.05, 4.69) is 5.16 Å². The second-order valence-electron chi connectivity index (χ2n) is 5.91. The summed E-state index contributed by atoms with van der Waals surface area (Å²) < 4.78 is 5.38. The molecule has 0 amide bonds. The minimum absolute atomic E-state index is 0.0395. The SMILES string of the molecule is CCC(=NOC/C=C\Cl)C1=C(O)C[C@@H](C2CCOCC2)CC1=O. The van der Waals surface area contributed by atoms with Crippen molar-refractivity contribution >= 4 is 23.1 Å². The Balaban J connectivity index is 2.09. The zero-order valence-corrected chi connectivity index (χ0v) is 14.2. The van der Waals surface area contributed by atoms with Gasteiger partial charge in [0.05, 0.1) is 11.3 Å². The van der Waals surface area contributed by atoms with E-state index in [1.165, 1.54) is 5.54 Å². The number of ether oxygens (including phenoxy) is 1. The van der Waals surface area contributed by atoms with Crippen LogP contribution >= 0.6 is 11.6 Å². The molecule has 0 radical (unpaired) electrons. The number of hydrogen-bond acceptors (Lipinski definition) is 5. The molecule has 0 spiro atoms. The number of aliphatic hydroxyl groups excluding tert-OH is 1. The van der Waals surface area contributed by atoms with Gasteiger partial charge in [-0.3, -0.25) is 4.79 Å². The lowest BCUT2D eigenvalue weighted by atomic mass is 9.75. The summed E-state index contributed by atoms with van der Waals surface area (Å²) in [5, 5.41) is 14.4. The van der Waals surface area contributed by atoms with E-state index < -0.39 is 0 Å². The topological polar surface area (TPSA) is 68.1 Å². The van der Waals surface area contributed by atoms with Gasteiger partial charge >= 0.3 is 0 Å². The summed E-state index contributed by atoms with van der Waals surface area (Å²) in [4.78, 5) is 17.6. The molecule has 0 aromatic carbocycles. The van der Waals surface area contributed by atoms with Crippen LogP contribution in [0.1, 0.15) is 39.0 Å². The lowest BCUT2D eigenvalue weighted by Crippen LogP contribution is -2.31. The Kier molecular flexibility index (Phi) is 7.12. The predicted molar refractivity (Wildman–Crippen MR) is 89.6 cm³/mol. The van der Waals surface area contributed by atoms with Crippen LogP contribution in [0.15, 0.2) is 28.1 Å². The van der Waals surface area contributed by atoms with Gasteiger partial charge in [0.1, 0.15) is 12.4 Å². The Labute approximate surface area is 142 Å². The Bertz CT molecular complexity index is 507. The van der Waals surface area contributed by atoms with Gasteiger partial charge in [-0.05, 0) is 37.2 Å². The average molecular weight is 342 g/mol. The molecule has 23 heavy (non-hydrogen) atoms. The third-order valence-electron chi connectivity index (χ3n) is 4.46. The highest BCUT2D eigenvalue weighted by molar-refractivity contribution is 6.25. The van der Waals surface area contributed by atoms with Gasteiger partial charge in [0.2, 0.25) is 0 Å². The number of carbonyl (C=O) groups excluding carboxylic acids is 1. The van der Waals surface area contributed by atoms with Gasteiger partial charge in [-0.1, -0.05) is 23.7 Å². The maximum absolute atomic E-state index is 12.5. The van der Waals surface area contributed by atoms with Crippen LogP contribution in [0.2, 0.25) is 0 Å². The zero-order chi connectivity index (χ0) is 16.7. The van der Waals surface area contributed by atoms with Crippen molar-refractivity contribution in [2.75, 3.05) is 19.8 Å². The highest BCUT2D eigenvalue weighted by Crippen LogP contribution is 2.36. The van der Waals surface area contributed by atoms with E-state index in [-0.39, 0.29) is 24.1 Å². The van der Waals surface area contributed by atoms with E-state index in [1.807, 2.05) is 6.92 Å². The Hall–Kier alpha value is -1.33. The lowest BCUT2D eigenvalue weighted by Gasteiger charge is -2.32. The number of ketones is 1. The predicted octanol–water partition coefficient (Wildman–Crippen LogP) is 3.74. The first kappa shape index (κ1) is 18.0. The van der Waals surface area contributed by atoms with Crippen LogP contribution in [0.4, 0.5) is 0 Å². The molecule has 1 aliphatic heterocycles. The molecule has 2 aliphatic rings. The molecular weight excluding hydrogens is 318 g/mol. The Morgan fingerprint density at radius 2 is 2.13 bits per heavy atom. The lowest BCUT2D eigenvalue weighted by molar-refractivity contribution is -0.117. The molecule has 5 nitrogen and oxygen atoms in total. The molecular formula is C17H24ClNO4. The molecule has 0 unspecified atom stereocenters. The molecule has 1 saturated heterocycles. The number of rotatable bonds is 6. The van der Waals surface area contributed by atoms with Gasteiger partial charge in [-0.2, -0.15) is 0 Å². The van der Waals surface area contributed by atoms with Gasteiger partial charge in [-0.15, -0.1) is 0 Å². The number of aliphatic hydroxyl groups is 1. The summed E-state index contributed by atoms with van der Waals surface area (Å²) >= 11 is 5.41. The fraction of sp³-hybridized carbons (Fsp3) is 0.647. The van der Waals surface area contributed by atoms with Crippen LogP contribution < -0.4 is 0 Å². The maximum atomic E-state index is 12.5. The monoisotopic (exact) mass is 341 g/mol. The number of Topliss-reactive ketones (excluding diaryl/α,β-unsaturated/α-hetero) is 1. The summed E-state index contributed by atoms with van der Waals surface area (Å²) in [5.74, 6) is 0.758. The summed E-state index contributed by atoms with van der Waals surface area (Å²) in [6.45, 7) is 3.62. The van der Waals surface area contributed by atoms with E-state index in [0.717, 1.165) is 26.1 Å². The second-order valence-corrected chi connectivity index (χ2v) is 6.16. The van der Waals surface area contributed by atoms with Crippen molar-refractivity contribution in [1.82, 2.24) is 0 Å². The van der Waals surface area contributed by atoms with Crippen LogP contribution in [0, 0.1) is 11.8 Å². The third kappa shape index (κ3) is 4.82. The van der Waals surface area contributed by atoms with Gasteiger partial charge < -0.3 is 14.7 Å². The van der Waals surface area contributed by atoms with Crippen LogP contribution in [0.25, 0.3) is 0 Å². The molecule has 1 N–H and O–H groups in total. The number of nitrogens with zero attached hydrogens (tertiary/aromatic N) is 1. The molecule has 0 aromatic heterocycles. The molecule has 128 valence electrons. The van der Waals surface area contributed by atoms with E-state index in [4.69, 9.17) is 21.2 Å². The first-order chi connectivity index (χ1) is 11.2. The van der Waals surface area contributed by atoms with Crippen molar-refractivity contribution in [1.29, 1.82) is 0 Å². The minimum atomic E-state index is -0.0395. The van der Waals surface area contributed by atoms with Crippen LogP contribution in [0.5, 0.6) is 0 Å². The summed E-state index contributed by atoms with van der Waals surface area (Å²) in [5.41, 5.74) is 2.19. The second kappa shape index (κ2) is 9.08. The minimum Gasteiger partial charge on any atom is -0.511 e. The molecule has 0 bridgehead atoms. The molecule has 1 heterocycles. The highest BCUT2D eigenvalue weighted by atomic mass is 35.5. The first-order valence-electron chi connectivity index (χ1n) is 8.14. The van der Waals surface area contributed by atoms with Crippen LogP contribution in [-0.4, -0.2) is 36.4 Å². The zero-order valence-electron chi connectivity index (χ0n) is 13.5. The number of oxime groups is 1. The molecule has 1 aliphatic carbocycles. The maximum Gasteiger partial charge on any atom is 0.168 e. The van der Waals surface area contributed by atoms with E-state index in [0.29, 0.717) is 36.5 Å². The smallest absolute Gasteiger partial charge is 0.168 e. The third-order valence-corrected chi connectivity index (χ3v) is 4.64. The number of allylic oxidation sites excluding steroid dienone is 2. The number of carbonyl (C=O) groups is 1. The largest absolute Gasteiger partial charge is 0.511 e. The van der Waals surface area contributed by atoms with Crippen molar-refractivity contribution < 1.29 is 19.5 Å². The van der Waals surface area contributed by atoms with Crippen molar-refractivity contribution in [3.8, 4) is 0 Å². The highest BCUT2D eigenvalue weighted by Gasteiger charge is 2.34. The van der Waals surface area contributed by atoms with Crippen LogP contribution in [0.3, 0.4) is 0 Å². The number of halogens is 1. The Morgan fingerprint density at radius 1 is 1.39 bits per heavy atom. The normalized spacial score (nSPS) is 24.5. The quantitative estimate of drug-likeness (QED) is 0.454. The standard InChI is InChI=1S/C17H24ClNO4/c1-2-14(19-23-7-3-6-18)17-15(20)10-13(11-16(17)21)12-4-8-22-9-5-12/h3,6,12-13,20H,2,4-5,7-11H2,1H3/b6-3-,19-14?/t13-/m1/s1. The van der Waals surface area contributed by atoms with Gasteiger partial charge in [0.25, 0.3) is 0 Å². The van der Waals surface area contributed by atoms with Gasteiger partial charge in [0.15, 0.2) is 5.78 Å². The van der Waals surface area contributed by atoms with Gasteiger partial charge in [0, 0.05) is 31.6 Å². The molecule has 1 fully saturated rings. The van der Waals surface area contributed by atoms with Crippen molar-refractivity contribution in [3.63, 3.8) is 0 Å². The average Bonchev–Trinajstić information content (AvgIpc) is 2.57.